The highest BCUT2D eigenvalue weighted by Gasteiger charge is 2.15. The van der Waals surface area contributed by atoms with Gasteiger partial charge in [-0.05, 0) is 43.3 Å². The van der Waals surface area contributed by atoms with Crippen molar-refractivity contribution in [3.05, 3.63) is 59.7 Å². The van der Waals surface area contributed by atoms with Crippen molar-refractivity contribution >= 4 is 33.4 Å². The third-order valence-corrected chi connectivity index (χ3v) is 4.98. The Hall–Kier alpha value is -3.20. The van der Waals surface area contributed by atoms with Gasteiger partial charge in [-0.2, -0.15) is 0 Å². The van der Waals surface area contributed by atoms with Crippen LogP contribution in [0.1, 0.15) is 34.1 Å². The maximum atomic E-state index is 12.4. The fourth-order valence-corrected chi connectivity index (χ4v) is 3.21. The summed E-state index contributed by atoms with van der Waals surface area (Å²) >= 11 is 0. The van der Waals surface area contributed by atoms with Crippen LogP contribution in [0.5, 0.6) is 0 Å². The number of carbonyl (C=O) groups excluding carboxylic acids is 3. The number of hydrogen-bond acceptors (Lipinski definition) is 6. The molecule has 2 N–H and O–H groups in total. The lowest BCUT2D eigenvalue weighted by Gasteiger charge is -2.10. The average molecular weight is 389 g/mol. The first-order chi connectivity index (χ1) is 12.7. The molecule has 0 unspecified atom stereocenters. The van der Waals surface area contributed by atoms with Gasteiger partial charge in [0.2, 0.25) is 0 Å². The predicted molar refractivity (Wildman–Crippen MR) is 95.7 cm³/mol. The Morgan fingerprint density at radius 2 is 1.48 bits per heavy atom. The molecule has 8 nitrogen and oxygen atoms in total. The summed E-state index contributed by atoms with van der Waals surface area (Å²) in [6.07, 6.45) is -0.300. The van der Waals surface area contributed by atoms with Crippen molar-refractivity contribution in [1.29, 1.82) is 0 Å². The van der Waals surface area contributed by atoms with Gasteiger partial charge in [-0.15, -0.1) is 0 Å². The van der Waals surface area contributed by atoms with Crippen molar-refractivity contribution in [2.45, 2.75) is 18.2 Å². The second-order valence-electron chi connectivity index (χ2n) is 5.64. The largest absolute Gasteiger partial charge is 0.550 e. The molecule has 9 heteroatoms. The van der Waals surface area contributed by atoms with E-state index in [1.165, 1.54) is 55.5 Å². The van der Waals surface area contributed by atoms with Crippen LogP contribution in [0.4, 0.5) is 5.69 Å². The zero-order chi connectivity index (χ0) is 20.0. The molecule has 0 fully saturated rings. The lowest BCUT2D eigenvalue weighted by atomic mass is 10.2. The topological polar surface area (TPSA) is 132 Å². The summed E-state index contributed by atoms with van der Waals surface area (Å²) < 4.78 is 27.1. The summed E-state index contributed by atoms with van der Waals surface area (Å²) in [5, 5.41) is 12.7. The van der Waals surface area contributed by atoms with E-state index in [2.05, 4.69) is 10.0 Å². The number of sulfonamides is 1. The number of Topliss-reactive ketones (excluding diaryl/α,β-unsaturated/α-hetero) is 1. The third-order valence-electron chi connectivity index (χ3n) is 3.59. The van der Waals surface area contributed by atoms with Gasteiger partial charge in [-0.1, -0.05) is 12.1 Å². The van der Waals surface area contributed by atoms with E-state index < -0.39 is 21.9 Å². The Labute approximate surface area is 156 Å². The van der Waals surface area contributed by atoms with Gasteiger partial charge in [0.25, 0.3) is 15.9 Å². The number of carboxylic acids is 1. The Morgan fingerprint density at radius 1 is 0.926 bits per heavy atom. The molecule has 0 spiro atoms. The second kappa shape index (κ2) is 8.45. The summed E-state index contributed by atoms with van der Waals surface area (Å²) in [5.74, 6) is -1.91. The first kappa shape index (κ1) is 20.1. The third kappa shape index (κ3) is 5.65. The number of benzene rings is 2. The highest BCUT2D eigenvalue weighted by molar-refractivity contribution is 7.92. The highest BCUT2D eigenvalue weighted by atomic mass is 32.2. The van der Waals surface area contributed by atoms with Gasteiger partial charge >= 0.3 is 0 Å². The number of ketones is 1. The molecule has 0 aliphatic heterocycles. The molecular formula is C18H17N2O6S-. The molecule has 2 aromatic carbocycles. The van der Waals surface area contributed by atoms with Gasteiger partial charge in [0.05, 0.1) is 4.90 Å². The number of anilines is 1. The number of carbonyl (C=O) groups is 3. The van der Waals surface area contributed by atoms with Crippen molar-refractivity contribution in [3.8, 4) is 0 Å². The molecule has 2 aromatic rings. The first-order valence-corrected chi connectivity index (χ1v) is 9.39. The Kier molecular flexibility index (Phi) is 6.30. The molecule has 2 rings (SSSR count). The van der Waals surface area contributed by atoms with E-state index in [4.69, 9.17) is 0 Å². The van der Waals surface area contributed by atoms with E-state index in [1.807, 2.05) is 0 Å². The van der Waals surface area contributed by atoms with Crippen LogP contribution in [-0.2, 0) is 14.8 Å². The van der Waals surface area contributed by atoms with Crippen LogP contribution >= 0.6 is 0 Å². The van der Waals surface area contributed by atoms with Crippen molar-refractivity contribution in [1.82, 2.24) is 5.32 Å². The van der Waals surface area contributed by atoms with E-state index in [1.54, 1.807) is 0 Å². The highest BCUT2D eigenvalue weighted by Crippen LogP contribution is 2.17. The molecule has 0 aromatic heterocycles. The van der Waals surface area contributed by atoms with Gasteiger partial charge in [-0.25, -0.2) is 8.42 Å². The van der Waals surface area contributed by atoms with Crippen LogP contribution < -0.4 is 15.1 Å². The van der Waals surface area contributed by atoms with Crippen LogP contribution in [0.2, 0.25) is 0 Å². The fourth-order valence-electron chi connectivity index (χ4n) is 2.15. The molecule has 0 bridgehead atoms. The standard InChI is InChI=1S/C18H18N2O6S/c1-12(21)13-4-8-16(9-5-13)27(25,26)20-15-6-2-14(3-7-15)18(24)19-11-10-17(22)23/h2-9,20H,10-11H2,1H3,(H,19,24)(H,22,23)/p-1. The Balaban J connectivity index is 2.05. The quantitative estimate of drug-likeness (QED) is 0.634. The summed E-state index contributed by atoms with van der Waals surface area (Å²) in [6.45, 7) is 1.32. The van der Waals surface area contributed by atoms with E-state index in [0.29, 0.717) is 5.56 Å². The number of nitrogens with one attached hydrogen (secondary N) is 2. The Bertz CT molecular complexity index is 950. The van der Waals surface area contributed by atoms with Crippen molar-refractivity contribution in [2.75, 3.05) is 11.3 Å². The lowest BCUT2D eigenvalue weighted by molar-refractivity contribution is -0.305. The molecule has 27 heavy (non-hydrogen) atoms. The number of rotatable bonds is 8. The van der Waals surface area contributed by atoms with Gasteiger partial charge in [-0.3, -0.25) is 14.3 Å². The fraction of sp³-hybridized carbons (Fsp3) is 0.167. The lowest BCUT2D eigenvalue weighted by Crippen LogP contribution is -2.30. The predicted octanol–water partition coefficient (Wildman–Crippen LogP) is 0.560. The minimum absolute atomic E-state index is 0.00315. The summed E-state index contributed by atoms with van der Waals surface area (Å²) in [6, 6.07) is 11.2. The van der Waals surface area contributed by atoms with Gasteiger partial charge in [0.15, 0.2) is 5.78 Å². The smallest absolute Gasteiger partial charge is 0.261 e. The van der Waals surface area contributed by atoms with E-state index >= 15 is 0 Å². The first-order valence-electron chi connectivity index (χ1n) is 7.91. The maximum Gasteiger partial charge on any atom is 0.261 e. The Morgan fingerprint density at radius 3 is 2.00 bits per heavy atom. The van der Waals surface area contributed by atoms with Crippen LogP contribution in [0.15, 0.2) is 53.4 Å². The van der Waals surface area contributed by atoms with E-state index in [9.17, 15) is 27.9 Å². The molecular weight excluding hydrogens is 372 g/mol. The molecule has 0 radical (unpaired) electrons. The molecule has 0 heterocycles. The molecule has 0 aliphatic rings. The van der Waals surface area contributed by atoms with Gasteiger partial charge < -0.3 is 15.2 Å². The number of amides is 1. The molecule has 0 atom stereocenters. The molecule has 142 valence electrons. The van der Waals surface area contributed by atoms with Crippen molar-refractivity contribution < 1.29 is 27.9 Å². The minimum Gasteiger partial charge on any atom is -0.550 e. The second-order valence-corrected chi connectivity index (χ2v) is 7.32. The normalized spacial score (nSPS) is 10.9. The zero-order valence-corrected chi connectivity index (χ0v) is 15.2. The molecule has 0 saturated heterocycles. The van der Waals surface area contributed by atoms with Crippen LogP contribution in [0.3, 0.4) is 0 Å². The monoisotopic (exact) mass is 389 g/mol. The number of aliphatic carboxylic acids is 1. The SMILES string of the molecule is CC(=O)c1ccc(S(=O)(=O)Nc2ccc(C(=O)NCCC(=O)[O-])cc2)cc1. The number of hydrogen-bond donors (Lipinski definition) is 2. The summed E-state index contributed by atoms with van der Waals surface area (Å²) in [5.41, 5.74) is 0.905. The maximum absolute atomic E-state index is 12.4. The van der Waals surface area contributed by atoms with Gasteiger partial charge in [0, 0.05) is 35.7 Å². The van der Waals surface area contributed by atoms with E-state index in [-0.39, 0.29) is 34.9 Å². The summed E-state index contributed by atoms with van der Waals surface area (Å²) in [4.78, 5) is 33.4. The van der Waals surface area contributed by atoms with Crippen LogP contribution in [-0.4, -0.2) is 32.6 Å². The summed E-state index contributed by atoms with van der Waals surface area (Å²) in [7, 11) is -3.85. The zero-order valence-electron chi connectivity index (χ0n) is 14.4. The van der Waals surface area contributed by atoms with Crippen molar-refractivity contribution in [3.63, 3.8) is 0 Å². The molecule has 1 amide bonds. The van der Waals surface area contributed by atoms with Crippen LogP contribution in [0, 0.1) is 0 Å². The van der Waals surface area contributed by atoms with E-state index in [0.717, 1.165) is 0 Å². The molecule has 0 aliphatic carbocycles. The number of carboxylic acid groups (broad SMARTS) is 1. The van der Waals surface area contributed by atoms with Crippen molar-refractivity contribution in [2.24, 2.45) is 0 Å². The minimum atomic E-state index is -3.85. The van der Waals surface area contributed by atoms with Gasteiger partial charge in [0.1, 0.15) is 0 Å². The van der Waals surface area contributed by atoms with Crippen LogP contribution in [0.25, 0.3) is 0 Å². The average Bonchev–Trinajstić information content (AvgIpc) is 2.61. The molecule has 0 saturated carbocycles.